The molecule has 6 heteroatoms. The lowest BCUT2D eigenvalue weighted by Gasteiger charge is -2.33. The molecular formula is C17H24FN3O2. The van der Waals surface area contributed by atoms with Crippen LogP contribution in [-0.2, 0) is 0 Å². The van der Waals surface area contributed by atoms with E-state index in [1.807, 2.05) is 17.0 Å². The second-order valence-corrected chi connectivity index (χ2v) is 6.20. The molecule has 1 aromatic carbocycles. The molecule has 2 amide bonds. The van der Waals surface area contributed by atoms with Crippen molar-refractivity contribution in [2.24, 2.45) is 0 Å². The summed E-state index contributed by atoms with van der Waals surface area (Å²) in [6.07, 6.45) is 1.88. The highest BCUT2D eigenvalue weighted by Crippen LogP contribution is 2.33. The number of likely N-dealkylation sites (tertiary alicyclic amines) is 1. The number of hydrogen-bond donors (Lipinski definition) is 1. The lowest BCUT2D eigenvalue weighted by Crippen LogP contribution is -2.40. The van der Waals surface area contributed by atoms with E-state index < -0.39 is 0 Å². The highest BCUT2D eigenvalue weighted by atomic mass is 19.1. The van der Waals surface area contributed by atoms with E-state index in [9.17, 15) is 9.18 Å². The standard InChI is InChI=1S/C17H24FN3O2/c1-23-15-4-2-3-14(16(15)18)13-5-8-20(9-6-13)11-12-21-10-7-19-17(21)22/h2-4,13H,5-12H2,1H3,(H,19,22). The van der Waals surface area contributed by atoms with Crippen molar-refractivity contribution < 1.29 is 13.9 Å². The Morgan fingerprint density at radius 1 is 1.26 bits per heavy atom. The molecule has 126 valence electrons. The molecule has 3 rings (SSSR count). The zero-order valence-electron chi connectivity index (χ0n) is 13.6. The van der Waals surface area contributed by atoms with Gasteiger partial charge in [-0.3, -0.25) is 0 Å². The molecule has 23 heavy (non-hydrogen) atoms. The van der Waals surface area contributed by atoms with Crippen molar-refractivity contribution in [2.45, 2.75) is 18.8 Å². The van der Waals surface area contributed by atoms with Crippen molar-refractivity contribution in [3.63, 3.8) is 0 Å². The molecule has 2 saturated heterocycles. The van der Waals surface area contributed by atoms with Gasteiger partial charge in [-0.2, -0.15) is 0 Å². The molecule has 2 aliphatic heterocycles. The Kier molecular flexibility index (Phi) is 5.00. The Labute approximate surface area is 136 Å². The number of urea groups is 1. The topological polar surface area (TPSA) is 44.8 Å². The van der Waals surface area contributed by atoms with Crippen LogP contribution in [0.2, 0.25) is 0 Å². The molecular weight excluding hydrogens is 297 g/mol. The second kappa shape index (κ2) is 7.17. The molecule has 2 fully saturated rings. The fourth-order valence-corrected chi connectivity index (χ4v) is 3.45. The number of nitrogens with zero attached hydrogens (tertiary/aromatic N) is 2. The number of halogens is 1. The van der Waals surface area contributed by atoms with Crippen molar-refractivity contribution in [2.75, 3.05) is 46.4 Å². The molecule has 1 aromatic rings. The number of benzene rings is 1. The number of nitrogens with one attached hydrogen (secondary N) is 1. The molecule has 0 radical (unpaired) electrons. The molecule has 0 bridgehead atoms. The van der Waals surface area contributed by atoms with E-state index in [-0.39, 0.29) is 17.8 Å². The molecule has 0 atom stereocenters. The van der Waals surface area contributed by atoms with Crippen LogP contribution in [0.4, 0.5) is 9.18 Å². The Morgan fingerprint density at radius 3 is 2.70 bits per heavy atom. The van der Waals surface area contributed by atoms with Gasteiger partial charge in [0.1, 0.15) is 0 Å². The van der Waals surface area contributed by atoms with E-state index in [1.54, 1.807) is 6.07 Å². The summed E-state index contributed by atoms with van der Waals surface area (Å²) in [5.74, 6) is 0.351. The van der Waals surface area contributed by atoms with E-state index in [2.05, 4.69) is 10.2 Å². The zero-order chi connectivity index (χ0) is 16.2. The predicted octanol–water partition coefficient (Wildman–Crippen LogP) is 2.04. The normalized spacial score (nSPS) is 19.9. The van der Waals surface area contributed by atoms with Gasteiger partial charge in [0.25, 0.3) is 0 Å². The third-order valence-electron chi connectivity index (χ3n) is 4.87. The maximum atomic E-state index is 14.4. The first-order valence-corrected chi connectivity index (χ1v) is 8.26. The van der Waals surface area contributed by atoms with Crippen LogP contribution in [0.15, 0.2) is 18.2 Å². The number of carbonyl (C=O) groups excluding carboxylic acids is 1. The number of ether oxygens (including phenoxy) is 1. The zero-order valence-corrected chi connectivity index (χ0v) is 13.6. The molecule has 2 aliphatic rings. The van der Waals surface area contributed by atoms with Crippen molar-refractivity contribution in [1.29, 1.82) is 0 Å². The summed E-state index contributed by atoms with van der Waals surface area (Å²) >= 11 is 0. The number of piperidine rings is 1. The summed E-state index contributed by atoms with van der Waals surface area (Å²) in [5, 5.41) is 2.82. The van der Waals surface area contributed by atoms with E-state index in [0.29, 0.717) is 5.75 Å². The van der Waals surface area contributed by atoms with Gasteiger partial charge in [-0.25, -0.2) is 9.18 Å². The van der Waals surface area contributed by atoms with E-state index in [1.165, 1.54) is 7.11 Å². The van der Waals surface area contributed by atoms with E-state index in [4.69, 9.17) is 4.74 Å². The third-order valence-corrected chi connectivity index (χ3v) is 4.87. The SMILES string of the molecule is COc1cccc(C2CCN(CCN3CCNC3=O)CC2)c1F. The van der Waals surface area contributed by atoms with E-state index >= 15 is 0 Å². The van der Waals surface area contributed by atoms with Crippen molar-refractivity contribution in [3.8, 4) is 5.75 Å². The second-order valence-electron chi connectivity index (χ2n) is 6.20. The Hall–Kier alpha value is -1.82. The van der Waals surface area contributed by atoms with Crippen LogP contribution >= 0.6 is 0 Å². The fraction of sp³-hybridized carbons (Fsp3) is 0.588. The van der Waals surface area contributed by atoms with Crippen LogP contribution in [0.1, 0.15) is 24.3 Å². The van der Waals surface area contributed by atoms with Crippen LogP contribution < -0.4 is 10.1 Å². The minimum atomic E-state index is -0.220. The van der Waals surface area contributed by atoms with Gasteiger partial charge in [0.05, 0.1) is 7.11 Å². The first-order chi connectivity index (χ1) is 11.2. The maximum absolute atomic E-state index is 14.4. The number of methoxy groups -OCH3 is 1. The average Bonchev–Trinajstić information content (AvgIpc) is 2.99. The molecule has 1 N–H and O–H groups in total. The molecule has 0 aliphatic carbocycles. The first kappa shape index (κ1) is 16.1. The van der Waals surface area contributed by atoms with E-state index in [0.717, 1.165) is 57.7 Å². The van der Waals surface area contributed by atoms with Crippen LogP contribution in [0.3, 0.4) is 0 Å². The Bertz CT molecular complexity index is 559. The number of rotatable bonds is 5. The predicted molar refractivity (Wildman–Crippen MR) is 86.3 cm³/mol. The molecule has 0 spiro atoms. The fourth-order valence-electron chi connectivity index (χ4n) is 3.45. The maximum Gasteiger partial charge on any atom is 0.317 e. The average molecular weight is 321 g/mol. The van der Waals surface area contributed by atoms with Gasteiger partial charge in [0, 0.05) is 26.2 Å². The first-order valence-electron chi connectivity index (χ1n) is 8.26. The van der Waals surface area contributed by atoms with Gasteiger partial charge in [0.15, 0.2) is 11.6 Å². The highest BCUT2D eigenvalue weighted by molar-refractivity contribution is 5.76. The minimum Gasteiger partial charge on any atom is -0.494 e. The summed E-state index contributed by atoms with van der Waals surface area (Å²) in [6.45, 7) is 5.08. The summed E-state index contributed by atoms with van der Waals surface area (Å²) < 4.78 is 19.4. The van der Waals surface area contributed by atoms with Gasteiger partial charge in [0.2, 0.25) is 0 Å². The van der Waals surface area contributed by atoms with Crippen LogP contribution in [-0.4, -0.2) is 62.2 Å². The van der Waals surface area contributed by atoms with Crippen LogP contribution in [0.25, 0.3) is 0 Å². The van der Waals surface area contributed by atoms with Crippen LogP contribution in [0.5, 0.6) is 5.75 Å². The summed E-state index contributed by atoms with van der Waals surface area (Å²) in [5.41, 5.74) is 0.767. The highest BCUT2D eigenvalue weighted by Gasteiger charge is 2.25. The number of amides is 2. The quantitative estimate of drug-likeness (QED) is 0.903. The van der Waals surface area contributed by atoms with Gasteiger partial charge < -0.3 is 19.9 Å². The summed E-state index contributed by atoms with van der Waals surface area (Å²) in [6, 6.07) is 5.43. The largest absolute Gasteiger partial charge is 0.494 e. The van der Waals surface area contributed by atoms with Gasteiger partial charge in [-0.05, 0) is 43.5 Å². The van der Waals surface area contributed by atoms with Crippen LogP contribution in [0, 0.1) is 5.82 Å². The molecule has 0 saturated carbocycles. The van der Waals surface area contributed by atoms with Crippen molar-refractivity contribution >= 4 is 6.03 Å². The molecule has 5 nitrogen and oxygen atoms in total. The molecule has 0 unspecified atom stereocenters. The summed E-state index contributed by atoms with van der Waals surface area (Å²) in [4.78, 5) is 15.7. The Balaban J connectivity index is 1.51. The van der Waals surface area contributed by atoms with Gasteiger partial charge in [-0.1, -0.05) is 12.1 Å². The lowest BCUT2D eigenvalue weighted by molar-refractivity contribution is 0.180. The number of carbonyl (C=O) groups is 1. The van der Waals surface area contributed by atoms with Gasteiger partial charge >= 0.3 is 6.03 Å². The Morgan fingerprint density at radius 2 is 2.04 bits per heavy atom. The van der Waals surface area contributed by atoms with Gasteiger partial charge in [-0.15, -0.1) is 0 Å². The molecule has 0 aromatic heterocycles. The summed E-state index contributed by atoms with van der Waals surface area (Å²) in [7, 11) is 1.50. The van der Waals surface area contributed by atoms with Crippen molar-refractivity contribution in [1.82, 2.24) is 15.1 Å². The smallest absolute Gasteiger partial charge is 0.317 e. The lowest BCUT2D eigenvalue weighted by atomic mass is 9.89. The monoisotopic (exact) mass is 321 g/mol. The van der Waals surface area contributed by atoms with Crippen molar-refractivity contribution in [3.05, 3.63) is 29.6 Å². The number of hydrogen-bond acceptors (Lipinski definition) is 3. The minimum absolute atomic E-state index is 0.0401. The third kappa shape index (κ3) is 3.58. The molecule has 2 heterocycles.